The van der Waals surface area contributed by atoms with Crippen molar-refractivity contribution in [3.8, 4) is 11.5 Å². The average Bonchev–Trinajstić information content (AvgIpc) is 2.79. The van der Waals surface area contributed by atoms with E-state index < -0.39 is 0 Å². The summed E-state index contributed by atoms with van der Waals surface area (Å²) < 4.78 is 10.6. The number of nitrogens with zero attached hydrogens (tertiary/aromatic N) is 3. The first-order valence-electron chi connectivity index (χ1n) is 10.5. The van der Waals surface area contributed by atoms with E-state index in [2.05, 4.69) is 51.5 Å². The van der Waals surface area contributed by atoms with Gasteiger partial charge in [-0.3, -0.25) is 14.6 Å². The molecule has 1 aliphatic rings. The lowest BCUT2D eigenvalue weighted by Gasteiger charge is -2.34. The number of piperazine rings is 1. The number of rotatable bonds is 8. The second-order valence-electron chi connectivity index (χ2n) is 7.84. The predicted molar refractivity (Wildman–Crippen MR) is 123 cm³/mol. The minimum absolute atomic E-state index is 0.105. The maximum atomic E-state index is 12.4. The van der Waals surface area contributed by atoms with Crippen molar-refractivity contribution in [3.63, 3.8) is 0 Å². The Kier molecular flexibility index (Phi) is 8.03. The number of carbonyl (C=O) groups is 1. The Balaban J connectivity index is 1.45. The molecule has 166 valence electrons. The van der Waals surface area contributed by atoms with Crippen LogP contribution in [0.1, 0.15) is 23.6 Å². The second-order valence-corrected chi connectivity index (χ2v) is 7.84. The zero-order chi connectivity index (χ0) is 22.2. The molecule has 0 spiro atoms. The molecule has 0 radical (unpaired) electrons. The van der Waals surface area contributed by atoms with E-state index in [9.17, 15) is 4.79 Å². The van der Waals surface area contributed by atoms with E-state index in [1.165, 1.54) is 11.1 Å². The molecule has 7 heteroatoms. The van der Waals surface area contributed by atoms with Crippen LogP contribution in [0, 0.1) is 6.92 Å². The highest BCUT2D eigenvalue weighted by Crippen LogP contribution is 2.27. The van der Waals surface area contributed by atoms with Crippen molar-refractivity contribution in [2.75, 3.05) is 46.9 Å². The summed E-state index contributed by atoms with van der Waals surface area (Å²) in [6.45, 7) is 8.91. The Morgan fingerprint density at radius 3 is 2.26 bits per heavy atom. The van der Waals surface area contributed by atoms with E-state index >= 15 is 0 Å². The van der Waals surface area contributed by atoms with Crippen molar-refractivity contribution in [2.45, 2.75) is 20.4 Å². The van der Waals surface area contributed by atoms with E-state index in [4.69, 9.17) is 9.47 Å². The van der Waals surface area contributed by atoms with Crippen molar-refractivity contribution in [1.82, 2.24) is 15.2 Å². The lowest BCUT2D eigenvalue weighted by Crippen LogP contribution is -2.48. The quantitative estimate of drug-likeness (QED) is 0.521. The van der Waals surface area contributed by atoms with E-state index in [-0.39, 0.29) is 5.91 Å². The number of aryl methyl sites for hydroxylation is 1. The lowest BCUT2D eigenvalue weighted by molar-refractivity contribution is -0.122. The zero-order valence-electron chi connectivity index (χ0n) is 18.9. The third-order valence-electron chi connectivity index (χ3n) is 5.51. The van der Waals surface area contributed by atoms with Gasteiger partial charge < -0.3 is 9.47 Å². The minimum Gasteiger partial charge on any atom is -0.493 e. The maximum absolute atomic E-state index is 12.4. The van der Waals surface area contributed by atoms with Gasteiger partial charge in [0, 0.05) is 38.3 Å². The normalized spacial score (nSPS) is 15.5. The van der Waals surface area contributed by atoms with Gasteiger partial charge in [0.25, 0.3) is 5.91 Å². The summed E-state index contributed by atoms with van der Waals surface area (Å²) in [5, 5.41) is 4.25. The number of carbonyl (C=O) groups excluding carboxylic acids is 1. The van der Waals surface area contributed by atoms with Crippen LogP contribution in [0.15, 0.2) is 47.6 Å². The molecule has 1 amide bonds. The molecule has 0 aromatic heterocycles. The first-order chi connectivity index (χ1) is 15.0. The van der Waals surface area contributed by atoms with Crippen LogP contribution in [-0.4, -0.2) is 68.4 Å². The maximum Gasteiger partial charge on any atom is 0.254 e. The van der Waals surface area contributed by atoms with Crippen molar-refractivity contribution in [3.05, 3.63) is 59.2 Å². The third kappa shape index (κ3) is 6.54. The van der Waals surface area contributed by atoms with Gasteiger partial charge in [0.1, 0.15) is 0 Å². The van der Waals surface area contributed by atoms with Gasteiger partial charge in [-0.05, 0) is 37.6 Å². The number of hydrazone groups is 1. The zero-order valence-corrected chi connectivity index (χ0v) is 18.9. The fourth-order valence-corrected chi connectivity index (χ4v) is 3.57. The molecular weight excluding hydrogens is 392 g/mol. The van der Waals surface area contributed by atoms with Crippen LogP contribution >= 0.6 is 0 Å². The van der Waals surface area contributed by atoms with E-state index in [0.717, 1.165) is 38.3 Å². The molecule has 1 N–H and O–H groups in total. The third-order valence-corrected chi connectivity index (χ3v) is 5.51. The van der Waals surface area contributed by atoms with Crippen molar-refractivity contribution < 1.29 is 14.3 Å². The highest BCUT2D eigenvalue weighted by molar-refractivity contribution is 5.99. The topological polar surface area (TPSA) is 66.4 Å². The van der Waals surface area contributed by atoms with Crippen LogP contribution in [0.25, 0.3) is 0 Å². The Bertz CT molecular complexity index is 904. The molecule has 2 aromatic carbocycles. The highest BCUT2D eigenvalue weighted by atomic mass is 16.5. The van der Waals surface area contributed by atoms with Gasteiger partial charge in [0.05, 0.1) is 26.5 Å². The van der Waals surface area contributed by atoms with Crippen molar-refractivity contribution in [2.24, 2.45) is 5.10 Å². The summed E-state index contributed by atoms with van der Waals surface area (Å²) in [5.74, 6) is 1.18. The number of benzene rings is 2. The molecule has 0 bridgehead atoms. The molecule has 7 nitrogen and oxygen atoms in total. The Hall–Kier alpha value is -2.90. The molecule has 2 aromatic rings. The van der Waals surface area contributed by atoms with E-state index in [1.807, 2.05) is 25.1 Å². The summed E-state index contributed by atoms with van der Waals surface area (Å²) in [7, 11) is 3.19. The average molecular weight is 425 g/mol. The fourth-order valence-electron chi connectivity index (χ4n) is 3.57. The van der Waals surface area contributed by atoms with Gasteiger partial charge in [-0.25, -0.2) is 5.43 Å². The van der Waals surface area contributed by atoms with Gasteiger partial charge in [0.2, 0.25) is 0 Å². The number of methoxy groups -OCH3 is 2. The van der Waals surface area contributed by atoms with Gasteiger partial charge >= 0.3 is 0 Å². The largest absolute Gasteiger partial charge is 0.493 e. The van der Waals surface area contributed by atoms with Crippen molar-refractivity contribution in [1.29, 1.82) is 0 Å². The molecule has 1 fully saturated rings. The SMILES string of the molecule is COc1ccc(C(C)=NNC(=O)CN2CCN(Cc3ccc(C)cc3)CC2)cc1OC. The fraction of sp³-hybridized carbons (Fsp3) is 0.417. The molecule has 1 heterocycles. The summed E-state index contributed by atoms with van der Waals surface area (Å²) in [4.78, 5) is 17.0. The Labute approximate surface area is 184 Å². The lowest BCUT2D eigenvalue weighted by atomic mass is 10.1. The molecule has 0 unspecified atom stereocenters. The standard InChI is InChI=1S/C24H32N4O3/c1-18-5-7-20(8-6-18)16-27-11-13-28(14-12-27)17-24(29)26-25-19(2)21-9-10-22(30-3)23(15-21)31-4/h5-10,15H,11-14,16-17H2,1-4H3,(H,26,29). The van der Waals surface area contributed by atoms with Gasteiger partial charge in [-0.15, -0.1) is 0 Å². The van der Waals surface area contributed by atoms with E-state index in [0.29, 0.717) is 23.8 Å². The predicted octanol–water partition coefficient (Wildman–Crippen LogP) is 2.67. The monoisotopic (exact) mass is 424 g/mol. The summed E-state index contributed by atoms with van der Waals surface area (Å²) in [6, 6.07) is 14.2. The van der Waals surface area contributed by atoms with Crippen molar-refractivity contribution >= 4 is 11.6 Å². The summed E-state index contributed by atoms with van der Waals surface area (Å²) >= 11 is 0. The molecule has 0 saturated carbocycles. The van der Waals surface area contributed by atoms with Gasteiger partial charge in [-0.2, -0.15) is 5.10 Å². The number of nitrogens with one attached hydrogen (secondary N) is 1. The first kappa shape index (κ1) is 22.8. The van der Waals surface area contributed by atoms with Gasteiger partial charge in [-0.1, -0.05) is 29.8 Å². The smallest absolute Gasteiger partial charge is 0.254 e. The van der Waals surface area contributed by atoms with Crippen LogP contribution in [0.3, 0.4) is 0 Å². The second kappa shape index (κ2) is 10.9. The van der Waals surface area contributed by atoms with Crippen LogP contribution < -0.4 is 14.9 Å². The number of hydrogen-bond acceptors (Lipinski definition) is 6. The number of amides is 1. The van der Waals surface area contributed by atoms with Crippen LogP contribution in [0.2, 0.25) is 0 Å². The van der Waals surface area contributed by atoms with Crippen LogP contribution in [0.4, 0.5) is 0 Å². The van der Waals surface area contributed by atoms with Crippen LogP contribution in [0.5, 0.6) is 11.5 Å². The Morgan fingerprint density at radius 2 is 1.61 bits per heavy atom. The summed E-state index contributed by atoms with van der Waals surface area (Å²) in [6.07, 6.45) is 0. The Morgan fingerprint density at radius 1 is 0.968 bits per heavy atom. The molecule has 31 heavy (non-hydrogen) atoms. The summed E-state index contributed by atoms with van der Waals surface area (Å²) in [5.41, 5.74) is 6.85. The highest BCUT2D eigenvalue weighted by Gasteiger charge is 2.19. The number of ether oxygens (including phenoxy) is 2. The molecule has 1 saturated heterocycles. The molecule has 3 rings (SSSR count). The molecular formula is C24H32N4O3. The van der Waals surface area contributed by atoms with Gasteiger partial charge in [0.15, 0.2) is 11.5 Å². The molecule has 0 atom stereocenters. The minimum atomic E-state index is -0.105. The first-order valence-corrected chi connectivity index (χ1v) is 10.5. The molecule has 1 aliphatic heterocycles. The number of hydrogen-bond donors (Lipinski definition) is 1. The van der Waals surface area contributed by atoms with Crippen LogP contribution in [-0.2, 0) is 11.3 Å². The molecule has 0 aliphatic carbocycles. The van der Waals surface area contributed by atoms with E-state index in [1.54, 1.807) is 14.2 Å².